The highest BCUT2D eigenvalue weighted by molar-refractivity contribution is 6.30. The smallest absolute Gasteiger partial charge is 0.347 e. The molecule has 1 aromatic carbocycles. The van der Waals surface area contributed by atoms with Crippen molar-refractivity contribution in [1.29, 1.82) is 0 Å². The largest absolute Gasteiger partial charge is 0.479 e. The Morgan fingerprint density at radius 2 is 2.00 bits per heavy atom. The minimum Gasteiger partial charge on any atom is -0.479 e. The number of ether oxygens (including phenoxy) is 3. The molecule has 1 unspecified atom stereocenters. The van der Waals surface area contributed by atoms with E-state index in [0.29, 0.717) is 17.4 Å². The Hall–Kier alpha value is -1.26. The number of hydrogen-bond acceptors (Lipinski definition) is 4. The first-order chi connectivity index (χ1) is 8.99. The summed E-state index contributed by atoms with van der Waals surface area (Å²) in [5.74, 6) is 0.114. The van der Waals surface area contributed by atoms with Crippen molar-refractivity contribution < 1.29 is 19.0 Å². The van der Waals surface area contributed by atoms with Gasteiger partial charge in [-0.2, -0.15) is 0 Å². The van der Waals surface area contributed by atoms with E-state index in [2.05, 4.69) is 0 Å². The molecule has 0 amide bonds. The number of halogens is 1. The number of benzene rings is 1. The summed E-state index contributed by atoms with van der Waals surface area (Å²) in [6.07, 6.45) is -0.559. The predicted octanol–water partition coefficient (Wildman–Crippen LogP) is 3.08. The Balaban J connectivity index is 2.32. The molecule has 106 valence electrons. The van der Waals surface area contributed by atoms with Crippen molar-refractivity contribution >= 4 is 17.6 Å². The molecule has 0 radical (unpaired) electrons. The highest BCUT2D eigenvalue weighted by Gasteiger charge is 2.16. The molecule has 0 aliphatic rings. The highest BCUT2D eigenvalue weighted by atomic mass is 35.5. The van der Waals surface area contributed by atoms with Crippen LogP contribution in [0.25, 0.3) is 0 Å². The van der Waals surface area contributed by atoms with E-state index in [0.717, 1.165) is 0 Å². The van der Waals surface area contributed by atoms with E-state index in [1.54, 1.807) is 31.2 Å². The summed E-state index contributed by atoms with van der Waals surface area (Å²) in [5.41, 5.74) is 0. The molecule has 1 atom stereocenters. The fourth-order valence-corrected chi connectivity index (χ4v) is 1.52. The molecule has 5 heteroatoms. The van der Waals surface area contributed by atoms with Gasteiger partial charge in [-0.15, -0.1) is 0 Å². The number of carbonyl (C=O) groups is 1. The second-order valence-corrected chi connectivity index (χ2v) is 4.74. The van der Waals surface area contributed by atoms with Crippen LogP contribution in [0.15, 0.2) is 24.3 Å². The zero-order valence-electron chi connectivity index (χ0n) is 11.4. The van der Waals surface area contributed by atoms with E-state index in [9.17, 15) is 4.79 Å². The van der Waals surface area contributed by atoms with E-state index >= 15 is 0 Å². The first-order valence-corrected chi connectivity index (χ1v) is 6.57. The van der Waals surface area contributed by atoms with E-state index in [1.807, 2.05) is 13.8 Å². The first kappa shape index (κ1) is 15.8. The molecule has 0 saturated carbocycles. The van der Waals surface area contributed by atoms with Gasteiger partial charge in [0.2, 0.25) is 0 Å². The second-order valence-electron chi connectivity index (χ2n) is 4.30. The number of hydrogen-bond donors (Lipinski definition) is 0. The van der Waals surface area contributed by atoms with E-state index in [4.69, 9.17) is 25.8 Å². The maximum atomic E-state index is 11.6. The van der Waals surface area contributed by atoms with Gasteiger partial charge in [0.15, 0.2) is 6.10 Å². The van der Waals surface area contributed by atoms with Gasteiger partial charge in [-0.1, -0.05) is 17.7 Å². The quantitative estimate of drug-likeness (QED) is 0.571. The highest BCUT2D eigenvalue weighted by Crippen LogP contribution is 2.18. The normalized spacial score (nSPS) is 12.3. The Labute approximate surface area is 118 Å². The monoisotopic (exact) mass is 286 g/mol. The van der Waals surface area contributed by atoms with Gasteiger partial charge in [0, 0.05) is 5.02 Å². The minimum absolute atomic E-state index is 0.124. The van der Waals surface area contributed by atoms with Crippen molar-refractivity contribution in [2.24, 2.45) is 0 Å². The van der Waals surface area contributed by atoms with E-state index in [1.165, 1.54) is 0 Å². The van der Waals surface area contributed by atoms with E-state index in [-0.39, 0.29) is 12.7 Å². The third-order valence-corrected chi connectivity index (χ3v) is 2.45. The summed E-state index contributed by atoms with van der Waals surface area (Å²) < 4.78 is 15.7. The molecule has 0 aliphatic carbocycles. The SMILES string of the molecule is CC(C)OCCOC(=O)C(C)Oc1cccc(Cl)c1. The van der Waals surface area contributed by atoms with Gasteiger partial charge in [0.1, 0.15) is 12.4 Å². The van der Waals surface area contributed by atoms with Crippen LogP contribution in [0.3, 0.4) is 0 Å². The van der Waals surface area contributed by atoms with Crippen molar-refractivity contribution in [1.82, 2.24) is 0 Å². The van der Waals surface area contributed by atoms with Crippen LogP contribution in [0.1, 0.15) is 20.8 Å². The van der Waals surface area contributed by atoms with Crippen molar-refractivity contribution in [3.05, 3.63) is 29.3 Å². The number of carbonyl (C=O) groups excluding carboxylic acids is 1. The second kappa shape index (κ2) is 8.02. The topological polar surface area (TPSA) is 44.8 Å². The summed E-state index contributed by atoms with van der Waals surface area (Å²) in [6.45, 7) is 6.08. The van der Waals surface area contributed by atoms with Gasteiger partial charge in [-0.3, -0.25) is 0 Å². The van der Waals surface area contributed by atoms with Crippen LogP contribution in [-0.2, 0) is 14.3 Å². The van der Waals surface area contributed by atoms with Gasteiger partial charge >= 0.3 is 5.97 Å². The number of esters is 1. The molecule has 0 saturated heterocycles. The lowest BCUT2D eigenvalue weighted by atomic mass is 10.3. The summed E-state index contributed by atoms with van der Waals surface area (Å²) in [7, 11) is 0. The van der Waals surface area contributed by atoms with Gasteiger partial charge in [-0.05, 0) is 39.0 Å². The third-order valence-electron chi connectivity index (χ3n) is 2.22. The Morgan fingerprint density at radius 1 is 1.26 bits per heavy atom. The van der Waals surface area contributed by atoms with Crippen LogP contribution in [0, 0.1) is 0 Å². The summed E-state index contributed by atoms with van der Waals surface area (Å²) >= 11 is 5.83. The Morgan fingerprint density at radius 3 is 2.63 bits per heavy atom. The zero-order valence-corrected chi connectivity index (χ0v) is 12.1. The van der Waals surface area contributed by atoms with Crippen LogP contribution in [-0.4, -0.2) is 31.4 Å². The zero-order chi connectivity index (χ0) is 14.3. The lowest BCUT2D eigenvalue weighted by molar-refractivity contribution is -0.153. The maximum absolute atomic E-state index is 11.6. The van der Waals surface area contributed by atoms with Crippen LogP contribution in [0.4, 0.5) is 0 Å². The fourth-order valence-electron chi connectivity index (χ4n) is 1.34. The molecule has 19 heavy (non-hydrogen) atoms. The minimum atomic E-state index is -0.683. The average Bonchev–Trinajstić information content (AvgIpc) is 2.34. The van der Waals surface area contributed by atoms with Gasteiger partial charge in [-0.25, -0.2) is 4.79 Å². The average molecular weight is 287 g/mol. The number of rotatable bonds is 7. The molecule has 0 bridgehead atoms. The fraction of sp³-hybridized carbons (Fsp3) is 0.500. The van der Waals surface area contributed by atoms with Crippen LogP contribution in [0.2, 0.25) is 5.02 Å². The van der Waals surface area contributed by atoms with Crippen LogP contribution in [0.5, 0.6) is 5.75 Å². The summed E-state index contributed by atoms with van der Waals surface area (Å²) in [5, 5.41) is 0.559. The molecular formula is C14H19ClO4. The lowest BCUT2D eigenvalue weighted by Gasteiger charge is -2.14. The molecule has 0 fully saturated rings. The molecule has 0 N–H and O–H groups in total. The van der Waals surface area contributed by atoms with Gasteiger partial charge in [0.05, 0.1) is 12.7 Å². The predicted molar refractivity (Wildman–Crippen MR) is 73.6 cm³/mol. The van der Waals surface area contributed by atoms with Crippen molar-refractivity contribution in [2.75, 3.05) is 13.2 Å². The first-order valence-electron chi connectivity index (χ1n) is 6.19. The van der Waals surface area contributed by atoms with Crippen LogP contribution >= 0.6 is 11.6 Å². The molecule has 0 spiro atoms. The standard InChI is InChI=1S/C14H19ClO4/c1-10(2)17-7-8-18-14(16)11(3)19-13-6-4-5-12(15)9-13/h4-6,9-11H,7-8H2,1-3H3. The van der Waals surface area contributed by atoms with Crippen molar-refractivity contribution in [2.45, 2.75) is 33.0 Å². The molecular weight excluding hydrogens is 268 g/mol. The summed E-state index contributed by atoms with van der Waals surface area (Å²) in [6, 6.07) is 6.87. The maximum Gasteiger partial charge on any atom is 0.347 e. The van der Waals surface area contributed by atoms with Gasteiger partial charge < -0.3 is 14.2 Å². The Bertz CT molecular complexity index is 406. The van der Waals surface area contributed by atoms with Crippen LogP contribution < -0.4 is 4.74 Å². The Kier molecular flexibility index (Phi) is 6.67. The molecule has 0 heterocycles. The van der Waals surface area contributed by atoms with Crippen molar-refractivity contribution in [3.8, 4) is 5.75 Å². The summed E-state index contributed by atoms with van der Waals surface area (Å²) in [4.78, 5) is 11.6. The molecule has 1 aromatic rings. The molecule has 1 rings (SSSR count). The molecule has 0 aromatic heterocycles. The van der Waals surface area contributed by atoms with E-state index < -0.39 is 12.1 Å². The lowest BCUT2D eigenvalue weighted by Crippen LogP contribution is -2.27. The third kappa shape index (κ3) is 6.45. The van der Waals surface area contributed by atoms with Gasteiger partial charge in [0.25, 0.3) is 0 Å². The molecule has 0 aliphatic heterocycles. The molecule has 4 nitrogen and oxygen atoms in total. The van der Waals surface area contributed by atoms with Crippen molar-refractivity contribution in [3.63, 3.8) is 0 Å².